The fourth-order valence-electron chi connectivity index (χ4n) is 15.5. The zero-order valence-electron chi connectivity index (χ0n) is 76.3. The molecular formula is C89H133N23O21. The molecular weight excluding hydrogens is 1730 g/mol. The number of likely N-dealkylation sites (tertiary alicyclic amines) is 2. The van der Waals surface area contributed by atoms with E-state index in [2.05, 4.69) is 74.1 Å². The Bertz CT molecular complexity index is 4720. The number of phenols is 2. The highest BCUT2D eigenvalue weighted by atomic mass is 16.4. The first kappa shape index (κ1) is 108. The van der Waals surface area contributed by atoms with Gasteiger partial charge in [-0.3, -0.25) is 86.9 Å². The summed E-state index contributed by atoms with van der Waals surface area (Å²) in [6, 6.07) is -1.00. The Kier molecular flexibility index (Phi) is 43.7. The van der Waals surface area contributed by atoms with Crippen LogP contribution in [0.3, 0.4) is 0 Å². The van der Waals surface area contributed by atoms with Crippen molar-refractivity contribution in [2.75, 3.05) is 32.7 Å². The molecule has 15 atom stereocenters. The molecule has 0 radical (unpaired) electrons. The second-order valence-corrected chi connectivity index (χ2v) is 34.6. The number of carbonyl (C=O) groups is 18. The average molecular weight is 1860 g/mol. The van der Waals surface area contributed by atoms with Crippen LogP contribution in [0.1, 0.15) is 181 Å². The summed E-state index contributed by atoms with van der Waals surface area (Å²) in [5, 5.41) is 72.2. The third kappa shape index (κ3) is 35.6. The second-order valence-electron chi connectivity index (χ2n) is 34.6. The molecule has 2 aliphatic heterocycles. The molecule has 4 aromatic rings. The maximum Gasteiger partial charge on any atom is 0.326 e. The summed E-state index contributed by atoms with van der Waals surface area (Å²) in [5.74, 6) is -17.9. The maximum atomic E-state index is 14.8. The van der Waals surface area contributed by atoms with E-state index in [1.165, 1.54) is 65.3 Å². The number of H-pyrrole nitrogens is 1. The minimum atomic E-state index is -1.68. The van der Waals surface area contributed by atoms with Gasteiger partial charge in [-0.1, -0.05) is 90.4 Å². The monoisotopic (exact) mass is 1860 g/mol. The smallest absolute Gasteiger partial charge is 0.326 e. The van der Waals surface area contributed by atoms with Crippen LogP contribution in [0.2, 0.25) is 0 Å². The van der Waals surface area contributed by atoms with Crippen molar-refractivity contribution in [3.63, 3.8) is 0 Å². The molecule has 30 N–H and O–H groups in total. The van der Waals surface area contributed by atoms with E-state index in [-0.39, 0.29) is 139 Å². The van der Waals surface area contributed by atoms with Crippen molar-refractivity contribution in [3.05, 3.63) is 95.7 Å². The number of carboxylic acids is 1. The number of fused-ring (bicyclic) bond motifs is 1. The van der Waals surface area contributed by atoms with Gasteiger partial charge in [-0.25, -0.2) is 4.79 Å². The minimum absolute atomic E-state index is 0.00703. The van der Waals surface area contributed by atoms with Crippen molar-refractivity contribution < 1.29 is 102 Å². The van der Waals surface area contributed by atoms with Gasteiger partial charge in [0.15, 0.2) is 5.96 Å². The predicted molar refractivity (Wildman–Crippen MR) is 486 cm³/mol. The van der Waals surface area contributed by atoms with Crippen LogP contribution in [0, 0.1) is 23.2 Å². The molecule has 1 aromatic heterocycles. The third-order valence-electron chi connectivity index (χ3n) is 22.9. The number of nitrogens with two attached hydrogens (primary N) is 6. The molecule has 0 saturated carbocycles. The lowest BCUT2D eigenvalue weighted by atomic mass is 9.95. The van der Waals surface area contributed by atoms with E-state index in [1.54, 1.807) is 47.7 Å². The number of unbranched alkanes of at least 4 members (excludes halogenated alkanes) is 1. The first-order chi connectivity index (χ1) is 63.0. The molecule has 2 aliphatic rings. The number of aromatic nitrogens is 1. The summed E-state index contributed by atoms with van der Waals surface area (Å²) < 4.78 is 0. The Balaban J connectivity index is 1.11. The van der Waals surface area contributed by atoms with Crippen LogP contribution in [-0.4, -0.2) is 260 Å². The Morgan fingerprint density at radius 3 is 1.41 bits per heavy atom. The average Bonchev–Trinajstić information content (AvgIpc) is 1.73. The van der Waals surface area contributed by atoms with Crippen LogP contribution < -0.4 is 104 Å². The Morgan fingerprint density at radius 2 is 0.902 bits per heavy atom. The van der Waals surface area contributed by atoms with Gasteiger partial charge in [0.25, 0.3) is 0 Å². The number of hydrogen-bond acceptors (Lipinski definition) is 23. The highest BCUT2D eigenvalue weighted by Crippen LogP contribution is 2.25. The van der Waals surface area contributed by atoms with Gasteiger partial charge in [0, 0.05) is 68.8 Å². The largest absolute Gasteiger partial charge is 0.508 e. The number of rotatable bonds is 56. The topological polar surface area (TPSA) is 727 Å². The van der Waals surface area contributed by atoms with Crippen molar-refractivity contribution >= 4 is 123 Å². The molecule has 730 valence electrons. The summed E-state index contributed by atoms with van der Waals surface area (Å²) in [6.45, 7) is 11.2. The summed E-state index contributed by atoms with van der Waals surface area (Å²) >= 11 is 0. The van der Waals surface area contributed by atoms with Gasteiger partial charge in [-0.15, -0.1) is 0 Å². The molecule has 2 saturated heterocycles. The number of nitrogens with one attached hydrogen (secondary N) is 15. The summed E-state index contributed by atoms with van der Waals surface area (Å²) in [6.07, 6.45) is 0.0614. The number of aromatic hydroxyl groups is 2. The molecule has 17 amide bonds. The lowest BCUT2D eigenvalue weighted by Crippen LogP contribution is -2.60. The van der Waals surface area contributed by atoms with Crippen LogP contribution in [0.4, 0.5) is 0 Å². The first-order valence-corrected chi connectivity index (χ1v) is 44.9. The normalized spacial score (nSPS) is 16.5. The number of carboxylic acid groups (broad SMARTS) is 1. The van der Waals surface area contributed by atoms with Gasteiger partial charge in [0.1, 0.15) is 90.0 Å². The van der Waals surface area contributed by atoms with Gasteiger partial charge in [0.05, 0.1) is 12.6 Å². The fourth-order valence-corrected chi connectivity index (χ4v) is 15.5. The van der Waals surface area contributed by atoms with Crippen LogP contribution in [0.5, 0.6) is 11.5 Å². The molecule has 44 heteroatoms. The van der Waals surface area contributed by atoms with Crippen molar-refractivity contribution in [2.24, 2.45) is 52.2 Å². The number of carbonyl (C=O) groups excluding carboxylic acids is 17. The summed E-state index contributed by atoms with van der Waals surface area (Å²) in [7, 11) is 0. The van der Waals surface area contributed by atoms with Gasteiger partial charge in [0.2, 0.25) is 100 Å². The van der Waals surface area contributed by atoms with Crippen molar-refractivity contribution in [3.8, 4) is 11.5 Å². The quantitative estimate of drug-likeness (QED) is 0.0118. The standard InChI is InChI=1S/C89H133N23O21/c1-8-49(6)74(85(129)109-67(88(132)133)43-52-24-28-55(114)29-25-52)110-82(126)65(41-48(4)5)108-80(124)64(40-47(2)3)107-77(121)59(19-13-37-97-89(95)96)104-84(128)69-21-15-38-111(69)86(130)50(7)100-76(120)60(30-33-70(92)115)101-73(118)46-99-83(127)68-20-14-39-112(68)87(131)63(18-11-12-36-90)105-79(123)62(32-35-72(94)117)102-78(122)61(31-34-71(93)116)103-81(125)66(42-51-22-26-54(113)27-23-51)106-75(119)57(91)44-53-45-98-58-17-10-9-16-56(53)58/h9-10,16-17,22-29,45,47-50,57,59-69,74,98,113-114H,8,11-15,18-21,30-44,46,90-91H2,1-7H3,(H2,92,115)(H2,93,116)(H2,94,117)(H,99,127)(H,100,120)(H,101,118)(H,102,122)(H,103,125)(H,104,128)(H,105,123)(H,106,119)(H,107,121)(H,108,124)(H,109,129)(H,110,126)(H,132,133)(H4,95,96,97)/t49-,50-,57-,59-,60-,61-,62-,63-,64-,65-,66-,67-,68-,69-,74-/m0/s1. The number of primary amides is 3. The molecule has 3 aromatic carbocycles. The summed E-state index contributed by atoms with van der Waals surface area (Å²) in [5.41, 5.74) is 36.8. The number of benzene rings is 3. The molecule has 2 fully saturated rings. The van der Waals surface area contributed by atoms with Crippen LogP contribution in [0.25, 0.3) is 10.9 Å². The fraction of sp³-hybridized carbons (Fsp3) is 0.562. The number of hydrogen-bond donors (Lipinski definition) is 24. The van der Waals surface area contributed by atoms with Gasteiger partial charge >= 0.3 is 5.97 Å². The zero-order chi connectivity index (χ0) is 98.5. The molecule has 3 heterocycles. The molecule has 44 nitrogen and oxygen atoms in total. The van der Waals surface area contributed by atoms with E-state index in [1.807, 2.05) is 24.3 Å². The SMILES string of the molecule is CC[C@H](C)[C@H](NC(=O)[C@H](CC(C)C)NC(=O)[C@H](CC(C)C)NC(=O)[C@H](CCCNC(=N)N)NC(=O)[C@@H]1CCCN1C(=O)[C@H](C)NC(=O)[C@H](CCC(N)=O)NC(=O)CNC(=O)[C@@H]1CCCN1C(=O)[C@H](CCCCN)NC(=O)[C@H](CCC(N)=O)NC(=O)[C@H](CCC(N)=O)NC(=O)[C@H](Cc1ccc(O)cc1)NC(=O)[C@@H](N)Cc1c[nH]c2ccccc12)C(=O)N[C@@H](Cc1ccc(O)cc1)C(=O)O. The molecule has 6 rings (SSSR count). The lowest BCUT2D eigenvalue weighted by Gasteiger charge is -2.31. The molecule has 0 spiro atoms. The van der Waals surface area contributed by atoms with Crippen LogP contribution in [-0.2, 0) is 106 Å². The van der Waals surface area contributed by atoms with Gasteiger partial charge in [-0.05, 0) is 175 Å². The predicted octanol–water partition coefficient (Wildman–Crippen LogP) is -3.20. The van der Waals surface area contributed by atoms with Crippen LogP contribution >= 0.6 is 0 Å². The molecule has 0 bridgehead atoms. The second kappa shape index (κ2) is 53.7. The Labute approximate surface area is 770 Å². The number of aromatic amines is 1. The number of guanidine groups is 1. The van der Waals surface area contributed by atoms with Crippen molar-refractivity contribution in [1.29, 1.82) is 5.41 Å². The number of para-hydroxylation sites is 1. The van der Waals surface area contributed by atoms with Crippen LogP contribution in [0.15, 0.2) is 79.0 Å². The number of phenolic OH excluding ortho intramolecular Hbond substituents is 2. The van der Waals surface area contributed by atoms with Crippen molar-refractivity contribution in [2.45, 2.75) is 268 Å². The maximum absolute atomic E-state index is 14.8. The number of amides is 17. The number of aliphatic carboxylic acids is 1. The van der Waals surface area contributed by atoms with E-state index in [9.17, 15) is 102 Å². The Hall–Kier alpha value is -13.6. The lowest BCUT2D eigenvalue weighted by molar-refractivity contribution is -0.142. The van der Waals surface area contributed by atoms with E-state index >= 15 is 0 Å². The van der Waals surface area contributed by atoms with E-state index in [0.717, 1.165) is 10.9 Å². The highest BCUT2D eigenvalue weighted by Gasteiger charge is 2.43. The number of nitrogens with zero attached hydrogens (tertiary/aromatic N) is 2. The molecule has 0 unspecified atom stereocenters. The third-order valence-corrected chi connectivity index (χ3v) is 22.9. The van der Waals surface area contributed by atoms with E-state index in [0.29, 0.717) is 29.5 Å². The highest BCUT2D eigenvalue weighted by molar-refractivity contribution is 6.01. The van der Waals surface area contributed by atoms with E-state index < -0.39 is 242 Å². The molecule has 0 aliphatic carbocycles. The Morgan fingerprint density at radius 1 is 0.466 bits per heavy atom. The van der Waals surface area contributed by atoms with Gasteiger partial charge < -0.3 is 134 Å². The van der Waals surface area contributed by atoms with Crippen molar-refractivity contribution in [1.82, 2.24) is 83.9 Å². The van der Waals surface area contributed by atoms with E-state index in [4.69, 9.17) is 39.8 Å². The van der Waals surface area contributed by atoms with Gasteiger partial charge in [-0.2, -0.15) is 0 Å². The zero-order valence-corrected chi connectivity index (χ0v) is 76.3. The summed E-state index contributed by atoms with van der Waals surface area (Å²) in [4.78, 5) is 256. The molecule has 133 heavy (non-hydrogen) atoms. The minimum Gasteiger partial charge on any atom is -0.508 e. The first-order valence-electron chi connectivity index (χ1n) is 44.9.